The molecule has 1 aromatic carbocycles. The van der Waals surface area contributed by atoms with Gasteiger partial charge < -0.3 is 4.90 Å². The molecule has 1 aliphatic rings. The zero-order valence-electron chi connectivity index (χ0n) is 10.6. The normalized spacial score (nSPS) is 19.4. The molecule has 1 atom stereocenters. The second kappa shape index (κ2) is 5.50. The summed E-state index contributed by atoms with van der Waals surface area (Å²) in [5, 5.41) is -0.344. The van der Waals surface area contributed by atoms with Crippen molar-refractivity contribution in [2.24, 2.45) is 5.92 Å². The van der Waals surface area contributed by atoms with Crippen molar-refractivity contribution in [3.05, 3.63) is 28.5 Å². The lowest BCUT2D eigenvalue weighted by Crippen LogP contribution is -2.29. The zero-order valence-corrected chi connectivity index (χ0v) is 12.9. The Hall–Kier alpha value is -0.850. The van der Waals surface area contributed by atoms with Crippen LogP contribution in [0.1, 0.15) is 23.7 Å². The molecule has 8 heteroatoms. The molecule has 0 bridgehead atoms. The SMILES string of the molecule is CC1CCN(C(=O)c2cc(S(=O)(=O)Cl)c(Cl)cc2F)C1. The number of benzene rings is 1. The van der Waals surface area contributed by atoms with E-state index >= 15 is 0 Å². The molecule has 1 fully saturated rings. The molecule has 1 aliphatic heterocycles. The van der Waals surface area contributed by atoms with Gasteiger partial charge in [0.05, 0.1) is 10.6 Å². The van der Waals surface area contributed by atoms with Gasteiger partial charge in [0.25, 0.3) is 15.0 Å². The molecule has 1 amide bonds. The lowest BCUT2D eigenvalue weighted by Gasteiger charge is -2.17. The van der Waals surface area contributed by atoms with E-state index in [0.29, 0.717) is 19.0 Å². The van der Waals surface area contributed by atoms with Gasteiger partial charge in [-0.25, -0.2) is 12.8 Å². The Morgan fingerprint density at radius 3 is 2.60 bits per heavy atom. The first-order chi connectivity index (χ1) is 9.20. The predicted molar refractivity (Wildman–Crippen MR) is 74.1 cm³/mol. The molecule has 0 saturated carbocycles. The third-order valence-electron chi connectivity index (χ3n) is 3.23. The highest BCUT2D eigenvalue weighted by molar-refractivity contribution is 8.13. The molecule has 0 aliphatic carbocycles. The zero-order chi connectivity index (χ0) is 15.1. The molecule has 20 heavy (non-hydrogen) atoms. The van der Waals surface area contributed by atoms with E-state index in [-0.39, 0.29) is 10.6 Å². The number of amides is 1. The van der Waals surface area contributed by atoms with Crippen LogP contribution in [0.2, 0.25) is 5.02 Å². The summed E-state index contributed by atoms with van der Waals surface area (Å²) in [4.78, 5) is 13.2. The second-order valence-electron chi connectivity index (χ2n) is 4.85. The Bertz CT molecular complexity index is 663. The van der Waals surface area contributed by atoms with Gasteiger partial charge >= 0.3 is 0 Å². The van der Waals surface area contributed by atoms with Crippen LogP contribution in [0.25, 0.3) is 0 Å². The van der Waals surface area contributed by atoms with Crippen LogP contribution < -0.4 is 0 Å². The van der Waals surface area contributed by atoms with E-state index < -0.39 is 25.7 Å². The largest absolute Gasteiger partial charge is 0.338 e. The Morgan fingerprint density at radius 2 is 2.10 bits per heavy atom. The molecule has 4 nitrogen and oxygen atoms in total. The highest BCUT2D eigenvalue weighted by Crippen LogP contribution is 2.29. The maximum Gasteiger partial charge on any atom is 0.262 e. The van der Waals surface area contributed by atoms with E-state index in [1.54, 1.807) is 0 Å². The topological polar surface area (TPSA) is 54.5 Å². The summed E-state index contributed by atoms with van der Waals surface area (Å²) < 4.78 is 36.5. The summed E-state index contributed by atoms with van der Waals surface area (Å²) in [6.45, 7) is 3.02. The van der Waals surface area contributed by atoms with Gasteiger partial charge in [0, 0.05) is 23.8 Å². The fourth-order valence-electron chi connectivity index (χ4n) is 2.17. The number of nitrogens with zero attached hydrogens (tertiary/aromatic N) is 1. The van der Waals surface area contributed by atoms with Crippen molar-refractivity contribution in [3.63, 3.8) is 0 Å². The number of hydrogen-bond acceptors (Lipinski definition) is 3. The minimum absolute atomic E-state index is 0.331. The lowest BCUT2D eigenvalue weighted by molar-refractivity contribution is 0.0783. The monoisotopic (exact) mass is 339 g/mol. The van der Waals surface area contributed by atoms with Crippen LogP contribution in [0.15, 0.2) is 17.0 Å². The molecular weight excluding hydrogens is 328 g/mol. The van der Waals surface area contributed by atoms with Crippen molar-refractivity contribution in [3.8, 4) is 0 Å². The van der Waals surface area contributed by atoms with Crippen LogP contribution in [-0.2, 0) is 9.05 Å². The summed E-state index contributed by atoms with van der Waals surface area (Å²) in [6, 6.07) is 1.69. The fourth-order valence-corrected chi connectivity index (χ4v) is 3.68. The van der Waals surface area contributed by atoms with E-state index in [1.807, 2.05) is 6.92 Å². The molecule has 1 unspecified atom stereocenters. The van der Waals surface area contributed by atoms with Crippen LogP contribution in [0.3, 0.4) is 0 Å². The van der Waals surface area contributed by atoms with Crippen molar-refractivity contribution in [2.45, 2.75) is 18.2 Å². The van der Waals surface area contributed by atoms with Crippen LogP contribution in [-0.4, -0.2) is 32.3 Å². The molecule has 0 spiro atoms. The van der Waals surface area contributed by atoms with Crippen molar-refractivity contribution >= 4 is 37.2 Å². The van der Waals surface area contributed by atoms with Gasteiger partial charge in [-0.2, -0.15) is 0 Å². The van der Waals surface area contributed by atoms with Crippen molar-refractivity contribution in [2.75, 3.05) is 13.1 Å². The van der Waals surface area contributed by atoms with Gasteiger partial charge in [0.15, 0.2) is 0 Å². The number of carbonyl (C=O) groups is 1. The van der Waals surface area contributed by atoms with Crippen molar-refractivity contribution in [1.29, 1.82) is 0 Å². The van der Waals surface area contributed by atoms with Crippen LogP contribution >= 0.6 is 22.3 Å². The smallest absolute Gasteiger partial charge is 0.262 e. The standard InChI is InChI=1S/C12H12Cl2FNO3S/c1-7-2-3-16(6-7)12(17)8-4-11(20(14,18)19)9(13)5-10(8)15/h4-5,7H,2-3,6H2,1H3. The number of rotatable bonds is 2. The summed E-state index contributed by atoms with van der Waals surface area (Å²) in [7, 11) is 1.08. The van der Waals surface area contributed by atoms with Gasteiger partial charge in [-0.3, -0.25) is 4.79 Å². The Labute approximate surface area is 125 Å². The molecule has 2 rings (SSSR count). The average molecular weight is 340 g/mol. The summed E-state index contributed by atoms with van der Waals surface area (Å²) in [5.74, 6) is -1.07. The molecule has 0 N–H and O–H groups in total. The molecule has 110 valence electrons. The van der Waals surface area contributed by atoms with Gasteiger partial charge in [0.2, 0.25) is 0 Å². The van der Waals surface area contributed by atoms with Crippen molar-refractivity contribution in [1.82, 2.24) is 4.90 Å². The number of carbonyl (C=O) groups excluding carboxylic acids is 1. The first-order valence-corrected chi connectivity index (χ1v) is 8.62. The number of likely N-dealkylation sites (tertiary alicyclic amines) is 1. The minimum Gasteiger partial charge on any atom is -0.338 e. The van der Waals surface area contributed by atoms with E-state index in [0.717, 1.165) is 18.6 Å². The van der Waals surface area contributed by atoms with Crippen LogP contribution in [0.5, 0.6) is 0 Å². The van der Waals surface area contributed by atoms with E-state index in [9.17, 15) is 17.6 Å². The number of hydrogen-bond donors (Lipinski definition) is 0. The summed E-state index contributed by atoms with van der Waals surface area (Å²) in [5.41, 5.74) is -0.331. The highest BCUT2D eigenvalue weighted by atomic mass is 35.7. The Balaban J connectivity index is 2.44. The molecular formula is C12H12Cl2FNO3S. The van der Waals surface area contributed by atoms with Crippen molar-refractivity contribution < 1.29 is 17.6 Å². The van der Waals surface area contributed by atoms with Gasteiger partial charge in [0.1, 0.15) is 10.7 Å². The summed E-state index contributed by atoms with van der Waals surface area (Å²) >= 11 is 5.65. The third-order valence-corrected chi connectivity index (χ3v) is 5.01. The maximum absolute atomic E-state index is 13.8. The Kier molecular flexibility index (Phi) is 4.27. The molecule has 1 aromatic rings. The number of halogens is 3. The third kappa shape index (κ3) is 3.07. The quantitative estimate of drug-likeness (QED) is 0.778. The predicted octanol–water partition coefficient (Wildman–Crippen LogP) is 2.89. The van der Waals surface area contributed by atoms with Gasteiger partial charge in [-0.1, -0.05) is 18.5 Å². The molecule has 1 saturated heterocycles. The maximum atomic E-state index is 13.8. The van der Waals surface area contributed by atoms with Gasteiger partial charge in [-0.15, -0.1) is 0 Å². The van der Waals surface area contributed by atoms with E-state index in [2.05, 4.69) is 0 Å². The lowest BCUT2D eigenvalue weighted by atomic mass is 10.1. The van der Waals surface area contributed by atoms with E-state index in [1.165, 1.54) is 4.90 Å². The van der Waals surface area contributed by atoms with Crippen LogP contribution in [0.4, 0.5) is 4.39 Å². The van der Waals surface area contributed by atoms with Gasteiger partial charge in [-0.05, 0) is 24.5 Å². The summed E-state index contributed by atoms with van der Waals surface area (Å²) in [6.07, 6.45) is 0.835. The minimum atomic E-state index is -4.14. The molecule has 0 radical (unpaired) electrons. The highest BCUT2D eigenvalue weighted by Gasteiger charge is 2.28. The Morgan fingerprint density at radius 1 is 1.45 bits per heavy atom. The molecule has 1 heterocycles. The fraction of sp³-hybridized carbons (Fsp3) is 0.417. The van der Waals surface area contributed by atoms with E-state index in [4.69, 9.17) is 22.3 Å². The second-order valence-corrected chi connectivity index (χ2v) is 7.79. The first-order valence-electron chi connectivity index (χ1n) is 5.93. The molecule has 0 aromatic heterocycles. The van der Waals surface area contributed by atoms with Crippen LogP contribution in [0, 0.1) is 11.7 Å². The average Bonchev–Trinajstić information content (AvgIpc) is 2.73. The first kappa shape index (κ1) is 15.5.